The van der Waals surface area contributed by atoms with Gasteiger partial charge in [-0.25, -0.2) is 0 Å². The number of carbonyl (C=O) groups excluding carboxylic acids is 1. The predicted octanol–water partition coefficient (Wildman–Crippen LogP) is 1.91. The van der Waals surface area contributed by atoms with Crippen LogP contribution in [-0.2, 0) is 19.4 Å². The Morgan fingerprint density at radius 3 is 3.14 bits per heavy atom. The minimum Gasteiger partial charge on any atom is -0.493 e. The molecule has 0 bridgehead atoms. The number of nitrogens with one attached hydrogen (secondary N) is 2. The molecule has 2 N–H and O–H groups in total. The summed E-state index contributed by atoms with van der Waals surface area (Å²) in [6, 6.07) is 5.79. The van der Waals surface area contributed by atoms with Crippen molar-refractivity contribution in [2.24, 2.45) is 0 Å². The summed E-state index contributed by atoms with van der Waals surface area (Å²) in [6.07, 6.45) is 5.26. The second-order valence-electron chi connectivity index (χ2n) is 5.63. The van der Waals surface area contributed by atoms with Crippen LogP contribution in [0.2, 0.25) is 0 Å². The Balaban J connectivity index is 1.60. The average Bonchev–Trinajstić information content (AvgIpc) is 3.02. The van der Waals surface area contributed by atoms with Crippen molar-refractivity contribution in [1.82, 2.24) is 10.3 Å². The lowest BCUT2D eigenvalue weighted by Gasteiger charge is -2.19. The Bertz CT molecular complexity index is 743. The molecule has 112 valence electrons. The van der Waals surface area contributed by atoms with Crippen LogP contribution < -0.4 is 15.4 Å². The number of hydrogen-bond donors (Lipinski definition) is 2. The van der Waals surface area contributed by atoms with Gasteiger partial charge in [0.2, 0.25) is 0 Å². The van der Waals surface area contributed by atoms with Crippen LogP contribution in [0.4, 0.5) is 5.69 Å². The molecule has 1 aromatic carbocycles. The molecule has 0 atom stereocenters. The fraction of sp³-hybridized carbons (Fsp3) is 0.294. The van der Waals surface area contributed by atoms with Gasteiger partial charge in [-0.15, -0.1) is 0 Å². The van der Waals surface area contributed by atoms with Crippen LogP contribution in [0.25, 0.3) is 0 Å². The minimum absolute atomic E-state index is 0.0925. The first kappa shape index (κ1) is 13.3. The third-order valence-corrected chi connectivity index (χ3v) is 4.21. The van der Waals surface area contributed by atoms with E-state index in [9.17, 15) is 4.79 Å². The number of hydrogen-bond acceptors (Lipinski definition) is 4. The number of aromatic nitrogens is 1. The number of benzene rings is 1. The second kappa shape index (κ2) is 5.42. The van der Waals surface area contributed by atoms with Gasteiger partial charge in [0.15, 0.2) is 0 Å². The number of amides is 1. The standard InChI is InChI=1S/C17H17N3O2/c21-17(15-10-19-9-12-8-18-5-3-14(12)15)20-13-1-2-16-11(7-13)4-6-22-16/h1-2,7,9-10,18H,3-6,8H2,(H,20,21). The third kappa shape index (κ3) is 2.33. The minimum atomic E-state index is -0.0925. The van der Waals surface area contributed by atoms with Crippen molar-refractivity contribution in [2.75, 3.05) is 18.5 Å². The number of ether oxygens (including phenoxy) is 1. The topological polar surface area (TPSA) is 63.2 Å². The lowest BCUT2D eigenvalue weighted by Crippen LogP contribution is -2.27. The number of pyridine rings is 1. The fourth-order valence-corrected chi connectivity index (χ4v) is 3.07. The number of fused-ring (bicyclic) bond motifs is 2. The van der Waals surface area contributed by atoms with Gasteiger partial charge in [-0.05, 0) is 47.9 Å². The summed E-state index contributed by atoms with van der Waals surface area (Å²) in [7, 11) is 0. The summed E-state index contributed by atoms with van der Waals surface area (Å²) in [6.45, 7) is 2.39. The molecular weight excluding hydrogens is 278 g/mol. The van der Waals surface area contributed by atoms with Crippen molar-refractivity contribution >= 4 is 11.6 Å². The monoisotopic (exact) mass is 295 g/mol. The zero-order chi connectivity index (χ0) is 14.9. The van der Waals surface area contributed by atoms with Gasteiger partial charge in [-0.2, -0.15) is 0 Å². The Morgan fingerprint density at radius 1 is 1.23 bits per heavy atom. The molecule has 0 fully saturated rings. The summed E-state index contributed by atoms with van der Waals surface area (Å²) in [4.78, 5) is 16.8. The van der Waals surface area contributed by atoms with Gasteiger partial charge in [0.1, 0.15) is 5.75 Å². The summed E-state index contributed by atoms with van der Waals surface area (Å²) in [5.41, 5.74) is 4.85. The molecule has 0 aliphatic carbocycles. The van der Waals surface area contributed by atoms with Gasteiger partial charge in [0.05, 0.1) is 12.2 Å². The average molecular weight is 295 g/mol. The van der Waals surface area contributed by atoms with Crippen molar-refractivity contribution in [2.45, 2.75) is 19.4 Å². The molecule has 5 heteroatoms. The van der Waals surface area contributed by atoms with Crippen LogP contribution in [0.5, 0.6) is 5.75 Å². The van der Waals surface area contributed by atoms with Gasteiger partial charge in [0.25, 0.3) is 5.91 Å². The second-order valence-corrected chi connectivity index (χ2v) is 5.63. The van der Waals surface area contributed by atoms with E-state index in [1.54, 1.807) is 6.20 Å². The van der Waals surface area contributed by atoms with Crippen molar-refractivity contribution in [3.05, 3.63) is 52.8 Å². The number of rotatable bonds is 2. The van der Waals surface area contributed by atoms with Crippen LogP contribution in [0.15, 0.2) is 30.6 Å². The quantitative estimate of drug-likeness (QED) is 0.888. The van der Waals surface area contributed by atoms with Gasteiger partial charge < -0.3 is 15.4 Å². The molecule has 1 amide bonds. The third-order valence-electron chi connectivity index (χ3n) is 4.21. The molecule has 2 aliphatic heterocycles. The van der Waals surface area contributed by atoms with Gasteiger partial charge in [0, 0.05) is 31.0 Å². The molecule has 5 nitrogen and oxygen atoms in total. The Morgan fingerprint density at radius 2 is 2.18 bits per heavy atom. The van der Waals surface area contributed by atoms with Crippen molar-refractivity contribution < 1.29 is 9.53 Å². The molecule has 0 saturated carbocycles. The van der Waals surface area contributed by atoms with E-state index in [4.69, 9.17) is 4.74 Å². The molecule has 22 heavy (non-hydrogen) atoms. The van der Waals surface area contributed by atoms with Gasteiger partial charge in [-0.1, -0.05) is 0 Å². The maximum absolute atomic E-state index is 12.6. The fourth-order valence-electron chi connectivity index (χ4n) is 3.07. The molecule has 0 spiro atoms. The maximum Gasteiger partial charge on any atom is 0.257 e. The van der Waals surface area contributed by atoms with E-state index in [1.165, 1.54) is 0 Å². The summed E-state index contributed by atoms with van der Waals surface area (Å²) in [5, 5.41) is 6.28. The van der Waals surface area contributed by atoms with Crippen LogP contribution in [0, 0.1) is 0 Å². The normalized spacial score (nSPS) is 15.6. The molecule has 3 heterocycles. The first-order chi connectivity index (χ1) is 10.8. The van der Waals surface area contributed by atoms with Crippen molar-refractivity contribution in [3.63, 3.8) is 0 Å². The first-order valence-corrected chi connectivity index (χ1v) is 7.55. The van der Waals surface area contributed by atoms with E-state index in [2.05, 4.69) is 15.6 Å². The molecule has 1 aromatic heterocycles. The zero-order valence-corrected chi connectivity index (χ0v) is 12.2. The van der Waals surface area contributed by atoms with E-state index in [0.717, 1.165) is 60.7 Å². The highest BCUT2D eigenvalue weighted by Gasteiger charge is 2.19. The number of nitrogens with zero attached hydrogens (tertiary/aromatic N) is 1. The molecule has 2 aliphatic rings. The smallest absolute Gasteiger partial charge is 0.257 e. The Labute approximate surface area is 128 Å². The summed E-state index contributed by atoms with van der Waals surface area (Å²) < 4.78 is 5.49. The van der Waals surface area contributed by atoms with E-state index < -0.39 is 0 Å². The molecule has 2 aromatic rings. The van der Waals surface area contributed by atoms with Crippen LogP contribution in [-0.4, -0.2) is 24.0 Å². The van der Waals surface area contributed by atoms with Gasteiger partial charge >= 0.3 is 0 Å². The first-order valence-electron chi connectivity index (χ1n) is 7.55. The van der Waals surface area contributed by atoms with E-state index in [0.29, 0.717) is 5.56 Å². The highest BCUT2D eigenvalue weighted by Crippen LogP contribution is 2.28. The summed E-state index contributed by atoms with van der Waals surface area (Å²) in [5.74, 6) is 0.827. The lowest BCUT2D eigenvalue weighted by atomic mass is 9.98. The number of carbonyl (C=O) groups is 1. The molecule has 0 radical (unpaired) electrons. The Kier molecular flexibility index (Phi) is 3.27. The maximum atomic E-state index is 12.6. The zero-order valence-electron chi connectivity index (χ0n) is 12.2. The van der Waals surface area contributed by atoms with Crippen LogP contribution >= 0.6 is 0 Å². The van der Waals surface area contributed by atoms with E-state index >= 15 is 0 Å². The Hall–Kier alpha value is -2.40. The molecule has 0 unspecified atom stereocenters. The number of anilines is 1. The predicted molar refractivity (Wildman–Crippen MR) is 83.2 cm³/mol. The van der Waals surface area contributed by atoms with Crippen molar-refractivity contribution in [3.8, 4) is 5.75 Å². The molecule has 4 rings (SSSR count). The van der Waals surface area contributed by atoms with E-state index in [-0.39, 0.29) is 5.91 Å². The summed E-state index contributed by atoms with van der Waals surface area (Å²) >= 11 is 0. The lowest BCUT2D eigenvalue weighted by molar-refractivity contribution is 0.102. The van der Waals surface area contributed by atoms with Crippen LogP contribution in [0.3, 0.4) is 0 Å². The molecular formula is C17H17N3O2. The van der Waals surface area contributed by atoms with Crippen LogP contribution in [0.1, 0.15) is 27.0 Å². The van der Waals surface area contributed by atoms with Gasteiger partial charge in [-0.3, -0.25) is 9.78 Å². The SMILES string of the molecule is O=C(Nc1ccc2c(c1)CCO2)c1cncc2c1CCNC2. The highest BCUT2D eigenvalue weighted by atomic mass is 16.5. The van der Waals surface area contributed by atoms with Crippen molar-refractivity contribution in [1.29, 1.82) is 0 Å². The largest absolute Gasteiger partial charge is 0.493 e. The molecule has 0 saturated heterocycles. The van der Waals surface area contributed by atoms with E-state index in [1.807, 2.05) is 24.4 Å². The highest BCUT2D eigenvalue weighted by molar-refractivity contribution is 6.05.